The SMILES string of the molecule is O=C(Nc1ccc(Br)cc1F)C1CCCN(S(=O)(=O)Cc2c(Cl)cccc2Cl)C1. The lowest BCUT2D eigenvalue weighted by molar-refractivity contribution is -0.120. The first-order chi connectivity index (χ1) is 13.7. The maximum atomic E-state index is 14.0. The number of nitrogens with one attached hydrogen (secondary N) is 1. The van der Waals surface area contributed by atoms with Crippen molar-refractivity contribution in [1.82, 2.24) is 4.31 Å². The van der Waals surface area contributed by atoms with Crippen molar-refractivity contribution in [2.24, 2.45) is 5.92 Å². The van der Waals surface area contributed by atoms with Crippen molar-refractivity contribution in [3.05, 3.63) is 62.3 Å². The van der Waals surface area contributed by atoms with E-state index in [1.807, 2.05) is 0 Å². The highest BCUT2D eigenvalue weighted by Crippen LogP contribution is 2.29. The topological polar surface area (TPSA) is 66.5 Å². The monoisotopic (exact) mass is 522 g/mol. The largest absolute Gasteiger partial charge is 0.323 e. The second kappa shape index (κ2) is 9.31. The van der Waals surface area contributed by atoms with E-state index in [4.69, 9.17) is 23.2 Å². The minimum atomic E-state index is -3.73. The molecule has 29 heavy (non-hydrogen) atoms. The Hall–Kier alpha value is -1.19. The first kappa shape index (κ1) is 22.5. The molecule has 0 saturated carbocycles. The maximum Gasteiger partial charge on any atom is 0.228 e. The van der Waals surface area contributed by atoms with E-state index in [1.165, 1.54) is 16.4 Å². The summed E-state index contributed by atoms with van der Waals surface area (Å²) in [5, 5.41) is 3.10. The first-order valence-electron chi connectivity index (χ1n) is 8.84. The zero-order chi connectivity index (χ0) is 21.2. The molecule has 1 fully saturated rings. The van der Waals surface area contributed by atoms with Gasteiger partial charge in [0, 0.05) is 33.2 Å². The van der Waals surface area contributed by atoms with E-state index >= 15 is 0 Å². The average Bonchev–Trinajstić information content (AvgIpc) is 2.67. The van der Waals surface area contributed by atoms with Crippen LogP contribution >= 0.6 is 39.1 Å². The summed E-state index contributed by atoms with van der Waals surface area (Å²) in [7, 11) is -3.73. The minimum Gasteiger partial charge on any atom is -0.323 e. The van der Waals surface area contributed by atoms with Crippen molar-refractivity contribution in [2.75, 3.05) is 18.4 Å². The lowest BCUT2D eigenvalue weighted by atomic mass is 9.98. The van der Waals surface area contributed by atoms with Crippen LogP contribution in [0.4, 0.5) is 10.1 Å². The van der Waals surface area contributed by atoms with Crippen LogP contribution < -0.4 is 5.32 Å². The smallest absolute Gasteiger partial charge is 0.228 e. The van der Waals surface area contributed by atoms with Crippen molar-refractivity contribution in [1.29, 1.82) is 0 Å². The third-order valence-electron chi connectivity index (χ3n) is 4.73. The Kier molecular flexibility index (Phi) is 7.22. The number of anilines is 1. The highest BCUT2D eigenvalue weighted by Gasteiger charge is 2.33. The van der Waals surface area contributed by atoms with Crippen LogP contribution in [0.15, 0.2) is 40.9 Å². The summed E-state index contributed by atoms with van der Waals surface area (Å²) in [4.78, 5) is 12.6. The zero-order valence-electron chi connectivity index (χ0n) is 15.2. The van der Waals surface area contributed by atoms with Gasteiger partial charge in [-0.1, -0.05) is 45.2 Å². The Morgan fingerprint density at radius 1 is 1.24 bits per heavy atom. The molecule has 10 heteroatoms. The number of amides is 1. The molecule has 1 unspecified atom stereocenters. The Bertz CT molecular complexity index is 1020. The van der Waals surface area contributed by atoms with Crippen LogP contribution in [0.3, 0.4) is 0 Å². The summed E-state index contributed by atoms with van der Waals surface area (Å²) in [6, 6.07) is 9.12. The number of hydrogen-bond donors (Lipinski definition) is 1. The van der Waals surface area contributed by atoms with Crippen LogP contribution in [-0.2, 0) is 20.6 Å². The van der Waals surface area contributed by atoms with Gasteiger partial charge in [-0.15, -0.1) is 0 Å². The maximum absolute atomic E-state index is 14.0. The van der Waals surface area contributed by atoms with E-state index in [9.17, 15) is 17.6 Å². The number of halogens is 4. The van der Waals surface area contributed by atoms with E-state index in [0.29, 0.717) is 29.4 Å². The predicted molar refractivity (Wildman–Crippen MR) is 116 cm³/mol. The van der Waals surface area contributed by atoms with E-state index in [2.05, 4.69) is 21.2 Å². The summed E-state index contributed by atoms with van der Waals surface area (Å²) in [6.45, 7) is 0.329. The molecule has 156 valence electrons. The van der Waals surface area contributed by atoms with E-state index in [1.54, 1.807) is 24.3 Å². The summed E-state index contributed by atoms with van der Waals surface area (Å²) >= 11 is 15.4. The van der Waals surface area contributed by atoms with Gasteiger partial charge in [0.05, 0.1) is 17.4 Å². The molecule has 1 aliphatic heterocycles. The summed E-state index contributed by atoms with van der Waals surface area (Å²) < 4.78 is 41.6. The number of nitrogens with zero attached hydrogens (tertiary/aromatic N) is 1. The van der Waals surface area contributed by atoms with Gasteiger partial charge in [0.2, 0.25) is 15.9 Å². The molecule has 0 bridgehead atoms. The Morgan fingerprint density at radius 3 is 2.59 bits per heavy atom. The van der Waals surface area contributed by atoms with Gasteiger partial charge in [0.1, 0.15) is 5.82 Å². The van der Waals surface area contributed by atoms with Gasteiger partial charge in [-0.2, -0.15) is 0 Å². The summed E-state index contributed by atoms with van der Waals surface area (Å²) in [5.74, 6) is -1.91. The Morgan fingerprint density at radius 2 is 1.93 bits per heavy atom. The minimum absolute atomic E-state index is 0.0222. The number of benzene rings is 2. The second-order valence-corrected chi connectivity index (χ2v) is 10.5. The molecule has 5 nitrogen and oxygen atoms in total. The molecule has 1 heterocycles. The molecule has 2 aromatic rings. The number of piperidine rings is 1. The van der Waals surface area contributed by atoms with Gasteiger partial charge in [0.15, 0.2) is 0 Å². The summed E-state index contributed by atoms with van der Waals surface area (Å²) in [6.07, 6.45) is 1.04. The number of carbonyl (C=O) groups is 1. The molecule has 0 aliphatic carbocycles. The molecule has 3 rings (SSSR count). The lowest BCUT2D eigenvalue weighted by Gasteiger charge is -2.31. The Balaban J connectivity index is 1.71. The van der Waals surface area contributed by atoms with Crippen LogP contribution in [0.5, 0.6) is 0 Å². The van der Waals surface area contributed by atoms with Crippen molar-refractivity contribution in [3.8, 4) is 0 Å². The third kappa shape index (κ3) is 5.49. The van der Waals surface area contributed by atoms with Crippen molar-refractivity contribution >= 4 is 60.7 Å². The highest BCUT2D eigenvalue weighted by atomic mass is 79.9. The van der Waals surface area contributed by atoms with Gasteiger partial charge >= 0.3 is 0 Å². The van der Waals surface area contributed by atoms with E-state index in [-0.39, 0.29) is 28.0 Å². The zero-order valence-corrected chi connectivity index (χ0v) is 19.1. The van der Waals surface area contributed by atoms with Gasteiger partial charge in [-0.25, -0.2) is 17.1 Å². The van der Waals surface area contributed by atoms with Crippen LogP contribution in [-0.4, -0.2) is 31.7 Å². The molecule has 1 atom stereocenters. The molecule has 1 N–H and O–H groups in total. The van der Waals surface area contributed by atoms with E-state index < -0.39 is 27.7 Å². The van der Waals surface area contributed by atoms with Gasteiger partial charge in [-0.05, 0) is 43.2 Å². The Labute approximate surface area is 187 Å². The number of hydrogen-bond acceptors (Lipinski definition) is 3. The highest BCUT2D eigenvalue weighted by molar-refractivity contribution is 9.10. The standard InChI is InChI=1S/C19H18BrCl2FN2O3S/c20-13-6-7-18(17(23)9-13)24-19(26)12-3-2-8-25(10-12)29(27,28)11-14-15(21)4-1-5-16(14)22/h1,4-7,9,12H,2-3,8,10-11H2,(H,24,26). The fraction of sp³-hybridized carbons (Fsp3) is 0.316. The molecule has 0 radical (unpaired) electrons. The van der Waals surface area contributed by atoms with Crippen LogP contribution in [0.1, 0.15) is 18.4 Å². The second-order valence-electron chi connectivity index (χ2n) is 6.77. The van der Waals surface area contributed by atoms with Crippen molar-refractivity contribution in [2.45, 2.75) is 18.6 Å². The van der Waals surface area contributed by atoms with Gasteiger partial charge in [0.25, 0.3) is 0 Å². The number of sulfonamides is 1. The third-order valence-corrected chi connectivity index (χ3v) is 7.70. The lowest BCUT2D eigenvalue weighted by Crippen LogP contribution is -2.44. The van der Waals surface area contributed by atoms with Gasteiger partial charge in [-0.3, -0.25) is 4.79 Å². The van der Waals surface area contributed by atoms with Crippen LogP contribution in [0, 0.1) is 11.7 Å². The number of rotatable bonds is 5. The molecular weight excluding hydrogens is 506 g/mol. The van der Waals surface area contributed by atoms with Crippen LogP contribution in [0.25, 0.3) is 0 Å². The molecule has 0 spiro atoms. The number of carbonyl (C=O) groups excluding carboxylic acids is 1. The average molecular weight is 524 g/mol. The normalized spacial score (nSPS) is 17.9. The van der Waals surface area contributed by atoms with Gasteiger partial charge < -0.3 is 5.32 Å². The first-order valence-corrected chi connectivity index (χ1v) is 12.0. The molecule has 1 aliphatic rings. The fourth-order valence-electron chi connectivity index (χ4n) is 3.18. The summed E-state index contributed by atoms with van der Waals surface area (Å²) in [5.41, 5.74) is 0.389. The molecule has 0 aromatic heterocycles. The molecular formula is C19H18BrCl2FN2O3S. The fourth-order valence-corrected chi connectivity index (χ4v) is 5.87. The molecule has 2 aromatic carbocycles. The molecule has 1 saturated heterocycles. The van der Waals surface area contributed by atoms with E-state index in [0.717, 1.165) is 0 Å². The van der Waals surface area contributed by atoms with Crippen LogP contribution in [0.2, 0.25) is 10.0 Å². The molecule has 1 amide bonds. The van der Waals surface area contributed by atoms with Crippen molar-refractivity contribution < 1.29 is 17.6 Å². The predicted octanol–water partition coefficient (Wildman–Crippen LogP) is 5.08. The quantitative estimate of drug-likeness (QED) is 0.594. The van der Waals surface area contributed by atoms with Crippen molar-refractivity contribution in [3.63, 3.8) is 0 Å².